The number of unbranched alkanes of at least 4 members (excludes halogenated alkanes) is 1. The van der Waals surface area contributed by atoms with Gasteiger partial charge >= 0.3 is 5.97 Å². The molecular weight excluding hydrogens is 342 g/mol. The summed E-state index contributed by atoms with van der Waals surface area (Å²) >= 11 is 0. The number of benzene rings is 1. The minimum absolute atomic E-state index is 0.268. The van der Waals surface area contributed by atoms with Crippen molar-refractivity contribution in [1.29, 1.82) is 0 Å². The van der Waals surface area contributed by atoms with Crippen molar-refractivity contribution in [3.05, 3.63) is 53.7 Å². The number of piperazine rings is 1. The molecule has 1 aromatic heterocycles. The van der Waals surface area contributed by atoms with Gasteiger partial charge in [-0.3, -0.25) is 4.90 Å². The van der Waals surface area contributed by atoms with Crippen molar-refractivity contribution in [2.24, 2.45) is 0 Å². The molecule has 0 aliphatic carbocycles. The summed E-state index contributed by atoms with van der Waals surface area (Å²) in [6.07, 6.45) is 3.86. The van der Waals surface area contributed by atoms with Crippen molar-refractivity contribution in [1.82, 2.24) is 9.88 Å². The van der Waals surface area contributed by atoms with E-state index in [0.29, 0.717) is 5.82 Å². The fraction of sp³-hybridized carbons (Fsp3) is 0.429. The Kier molecular flexibility index (Phi) is 6.65. The topological polar surface area (TPSA) is 65.9 Å². The van der Waals surface area contributed by atoms with Crippen LogP contribution in [0.5, 0.6) is 5.75 Å². The molecule has 1 aromatic carbocycles. The lowest BCUT2D eigenvalue weighted by Gasteiger charge is -2.35. The Hall–Kier alpha value is -2.60. The summed E-state index contributed by atoms with van der Waals surface area (Å²) in [5.41, 5.74) is 1.53. The van der Waals surface area contributed by atoms with E-state index in [0.717, 1.165) is 57.9 Å². The number of anilines is 1. The highest BCUT2D eigenvalue weighted by atomic mass is 16.5. The first-order chi connectivity index (χ1) is 13.2. The van der Waals surface area contributed by atoms with Crippen LogP contribution < -0.4 is 9.64 Å². The van der Waals surface area contributed by atoms with Gasteiger partial charge in [-0.1, -0.05) is 25.5 Å². The molecule has 0 unspecified atom stereocenters. The normalized spacial score (nSPS) is 14.9. The lowest BCUT2D eigenvalue weighted by Crippen LogP contribution is -2.46. The van der Waals surface area contributed by atoms with Crippen LogP contribution in [-0.4, -0.2) is 53.7 Å². The standard InChI is InChI=1S/C21H27N3O3/c1-2-3-15-27-18-8-6-17(7-9-18)16-23-11-13-24(14-12-23)20-19(21(25)26)5-4-10-22-20/h4-10H,2-3,11-16H2,1H3,(H,25,26). The molecule has 3 rings (SSSR count). The molecule has 1 saturated heterocycles. The fourth-order valence-electron chi connectivity index (χ4n) is 3.22. The molecule has 0 radical (unpaired) electrons. The molecule has 27 heavy (non-hydrogen) atoms. The van der Waals surface area contributed by atoms with E-state index in [9.17, 15) is 9.90 Å². The van der Waals surface area contributed by atoms with Crippen molar-refractivity contribution in [2.75, 3.05) is 37.7 Å². The molecule has 1 N–H and O–H groups in total. The molecule has 1 aliphatic heterocycles. The molecule has 0 bridgehead atoms. The maximum Gasteiger partial charge on any atom is 0.339 e. The number of nitrogens with zero attached hydrogens (tertiary/aromatic N) is 3. The van der Waals surface area contributed by atoms with Crippen LogP contribution in [-0.2, 0) is 6.54 Å². The monoisotopic (exact) mass is 369 g/mol. The second-order valence-electron chi connectivity index (χ2n) is 6.79. The van der Waals surface area contributed by atoms with Crippen LogP contribution in [0.25, 0.3) is 0 Å². The smallest absolute Gasteiger partial charge is 0.339 e. The molecule has 6 nitrogen and oxygen atoms in total. The van der Waals surface area contributed by atoms with Gasteiger partial charge < -0.3 is 14.7 Å². The molecule has 2 aromatic rings. The maximum atomic E-state index is 11.4. The molecule has 0 saturated carbocycles. The van der Waals surface area contributed by atoms with Crippen LogP contribution in [0.4, 0.5) is 5.82 Å². The highest BCUT2D eigenvalue weighted by molar-refractivity contribution is 5.93. The number of aromatic carboxylic acids is 1. The van der Waals surface area contributed by atoms with Gasteiger partial charge in [-0.05, 0) is 36.2 Å². The first-order valence-corrected chi connectivity index (χ1v) is 9.54. The van der Waals surface area contributed by atoms with Crippen molar-refractivity contribution < 1.29 is 14.6 Å². The van der Waals surface area contributed by atoms with Gasteiger partial charge in [-0.15, -0.1) is 0 Å². The maximum absolute atomic E-state index is 11.4. The van der Waals surface area contributed by atoms with E-state index in [4.69, 9.17) is 4.74 Å². The quantitative estimate of drug-likeness (QED) is 0.721. The molecule has 0 atom stereocenters. The van der Waals surface area contributed by atoms with E-state index < -0.39 is 5.97 Å². The second kappa shape index (κ2) is 9.37. The van der Waals surface area contributed by atoms with Gasteiger partial charge in [0.2, 0.25) is 0 Å². The van der Waals surface area contributed by atoms with E-state index in [-0.39, 0.29) is 5.56 Å². The molecule has 1 fully saturated rings. The number of ether oxygens (including phenoxy) is 1. The zero-order valence-corrected chi connectivity index (χ0v) is 15.8. The first kappa shape index (κ1) is 19.2. The van der Waals surface area contributed by atoms with Crippen molar-refractivity contribution in [3.8, 4) is 5.75 Å². The number of carbonyl (C=O) groups is 1. The molecule has 0 spiro atoms. The summed E-state index contributed by atoms with van der Waals surface area (Å²) in [5, 5.41) is 9.35. The van der Waals surface area contributed by atoms with Gasteiger partial charge in [0, 0.05) is 38.9 Å². The molecule has 0 amide bonds. The molecular formula is C21H27N3O3. The predicted octanol–water partition coefficient (Wildman–Crippen LogP) is 3.28. The van der Waals surface area contributed by atoms with Gasteiger partial charge in [-0.2, -0.15) is 0 Å². The zero-order valence-electron chi connectivity index (χ0n) is 15.8. The van der Waals surface area contributed by atoms with Crippen molar-refractivity contribution in [3.63, 3.8) is 0 Å². The Morgan fingerprint density at radius 2 is 1.89 bits per heavy atom. The van der Waals surface area contributed by atoms with E-state index in [1.54, 1.807) is 18.3 Å². The average molecular weight is 369 g/mol. The van der Waals surface area contributed by atoms with Gasteiger partial charge in [0.05, 0.1) is 6.61 Å². The van der Waals surface area contributed by atoms with Crippen LogP contribution in [0.3, 0.4) is 0 Å². The zero-order chi connectivity index (χ0) is 19.1. The number of pyridine rings is 1. The van der Waals surface area contributed by atoms with E-state index in [1.807, 2.05) is 12.1 Å². The highest BCUT2D eigenvalue weighted by Crippen LogP contribution is 2.20. The largest absolute Gasteiger partial charge is 0.494 e. The van der Waals surface area contributed by atoms with Gasteiger partial charge in [0.1, 0.15) is 17.1 Å². The van der Waals surface area contributed by atoms with E-state index in [2.05, 4.69) is 33.8 Å². The number of carboxylic acid groups (broad SMARTS) is 1. The summed E-state index contributed by atoms with van der Waals surface area (Å²) in [6.45, 7) is 7.11. The average Bonchev–Trinajstić information content (AvgIpc) is 2.70. The number of carboxylic acids is 1. The van der Waals surface area contributed by atoms with Crippen molar-refractivity contribution in [2.45, 2.75) is 26.3 Å². The Balaban J connectivity index is 1.52. The third kappa shape index (κ3) is 5.20. The van der Waals surface area contributed by atoms with Gasteiger partial charge in [-0.25, -0.2) is 9.78 Å². The second-order valence-corrected chi connectivity index (χ2v) is 6.79. The van der Waals surface area contributed by atoms with Gasteiger partial charge in [0.15, 0.2) is 0 Å². The van der Waals surface area contributed by atoms with Crippen LogP contribution in [0.1, 0.15) is 35.7 Å². The Bertz CT molecular complexity index is 741. The van der Waals surface area contributed by atoms with E-state index >= 15 is 0 Å². The third-order valence-electron chi connectivity index (χ3n) is 4.79. The Labute approximate surface area is 160 Å². The first-order valence-electron chi connectivity index (χ1n) is 9.54. The summed E-state index contributed by atoms with van der Waals surface area (Å²) in [4.78, 5) is 20.1. The van der Waals surface area contributed by atoms with Crippen LogP contribution in [0.15, 0.2) is 42.6 Å². The van der Waals surface area contributed by atoms with Crippen LogP contribution in [0.2, 0.25) is 0 Å². The number of aromatic nitrogens is 1. The molecule has 144 valence electrons. The Morgan fingerprint density at radius 3 is 2.56 bits per heavy atom. The lowest BCUT2D eigenvalue weighted by molar-refractivity contribution is 0.0697. The highest BCUT2D eigenvalue weighted by Gasteiger charge is 2.22. The minimum Gasteiger partial charge on any atom is -0.494 e. The summed E-state index contributed by atoms with van der Waals surface area (Å²) in [5.74, 6) is 0.563. The van der Waals surface area contributed by atoms with Gasteiger partial charge in [0.25, 0.3) is 0 Å². The van der Waals surface area contributed by atoms with Crippen molar-refractivity contribution >= 4 is 11.8 Å². The summed E-state index contributed by atoms with van der Waals surface area (Å²) in [6, 6.07) is 11.6. The number of hydrogen-bond donors (Lipinski definition) is 1. The number of rotatable bonds is 8. The molecule has 2 heterocycles. The predicted molar refractivity (Wildman–Crippen MR) is 106 cm³/mol. The Morgan fingerprint density at radius 1 is 1.15 bits per heavy atom. The third-order valence-corrected chi connectivity index (χ3v) is 4.79. The SMILES string of the molecule is CCCCOc1ccc(CN2CCN(c3ncccc3C(=O)O)CC2)cc1. The molecule has 1 aliphatic rings. The van der Waals surface area contributed by atoms with Crippen LogP contribution in [0, 0.1) is 0 Å². The minimum atomic E-state index is -0.929. The summed E-state index contributed by atoms with van der Waals surface area (Å²) < 4.78 is 5.71. The number of hydrogen-bond acceptors (Lipinski definition) is 5. The fourth-order valence-corrected chi connectivity index (χ4v) is 3.22. The lowest BCUT2D eigenvalue weighted by atomic mass is 10.1. The van der Waals surface area contributed by atoms with Crippen LogP contribution >= 0.6 is 0 Å². The van der Waals surface area contributed by atoms with E-state index in [1.165, 1.54) is 5.56 Å². The molecule has 6 heteroatoms. The summed E-state index contributed by atoms with van der Waals surface area (Å²) in [7, 11) is 0.